The molecule has 2 saturated heterocycles. The highest BCUT2D eigenvalue weighted by molar-refractivity contribution is 5.88. The SMILES string of the molecule is CC(C)CC(=O)N1Cc2ccccc2CC1C(=O)N1CCN(CC2CCCO2)CC1. The van der Waals surface area contributed by atoms with Gasteiger partial charge in [-0.25, -0.2) is 0 Å². The molecular weight excluding hydrogens is 378 g/mol. The summed E-state index contributed by atoms with van der Waals surface area (Å²) in [6.07, 6.45) is 3.77. The van der Waals surface area contributed by atoms with E-state index in [0.29, 0.717) is 25.5 Å². The quantitative estimate of drug-likeness (QED) is 0.743. The van der Waals surface area contributed by atoms with Crippen molar-refractivity contribution in [3.63, 3.8) is 0 Å². The summed E-state index contributed by atoms with van der Waals surface area (Å²) in [5, 5.41) is 0. The van der Waals surface area contributed by atoms with E-state index < -0.39 is 0 Å². The van der Waals surface area contributed by atoms with Gasteiger partial charge < -0.3 is 14.5 Å². The fourth-order valence-electron chi connectivity index (χ4n) is 4.91. The van der Waals surface area contributed by atoms with Crippen LogP contribution < -0.4 is 0 Å². The molecule has 0 radical (unpaired) electrons. The van der Waals surface area contributed by atoms with Gasteiger partial charge in [0, 0.05) is 58.7 Å². The minimum atomic E-state index is -0.379. The zero-order valence-corrected chi connectivity index (χ0v) is 18.4. The Balaban J connectivity index is 1.42. The van der Waals surface area contributed by atoms with Gasteiger partial charge in [-0.1, -0.05) is 38.1 Å². The smallest absolute Gasteiger partial charge is 0.245 e. The normalized spacial score (nSPS) is 24.9. The van der Waals surface area contributed by atoms with Crippen molar-refractivity contribution in [1.82, 2.24) is 14.7 Å². The van der Waals surface area contributed by atoms with Gasteiger partial charge in [0.15, 0.2) is 0 Å². The molecule has 2 unspecified atom stereocenters. The zero-order valence-electron chi connectivity index (χ0n) is 18.4. The summed E-state index contributed by atoms with van der Waals surface area (Å²) in [4.78, 5) is 32.7. The molecule has 0 N–H and O–H groups in total. The predicted molar refractivity (Wildman–Crippen MR) is 116 cm³/mol. The van der Waals surface area contributed by atoms with E-state index in [0.717, 1.165) is 52.2 Å². The topological polar surface area (TPSA) is 53.1 Å². The number of piperazine rings is 1. The maximum Gasteiger partial charge on any atom is 0.245 e. The number of rotatable bonds is 5. The van der Waals surface area contributed by atoms with Crippen LogP contribution in [0.25, 0.3) is 0 Å². The van der Waals surface area contributed by atoms with Gasteiger partial charge in [0.05, 0.1) is 6.10 Å². The number of amides is 2. The van der Waals surface area contributed by atoms with Gasteiger partial charge in [-0.2, -0.15) is 0 Å². The third kappa shape index (κ3) is 4.86. The highest BCUT2D eigenvalue weighted by atomic mass is 16.5. The molecule has 0 aliphatic carbocycles. The summed E-state index contributed by atoms with van der Waals surface area (Å²) < 4.78 is 5.76. The third-order valence-electron chi connectivity index (χ3n) is 6.61. The molecule has 6 nitrogen and oxygen atoms in total. The van der Waals surface area contributed by atoms with Crippen LogP contribution in [0.2, 0.25) is 0 Å². The van der Waals surface area contributed by atoms with Crippen molar-refractivity contribution in [3.05, 3.63) is 35.4 Å². The van der Waals surface area contributed by atoms with Gasteiger partial charge >= 0.3 is 0 Å². The van der Waals surface area contributed by atoms with E-state index in [1.807, 2.05) is 21.9 Å². The van der Waals surface area contributed by atoms with Crippen molar-refractivity contribution >= 4 is 11.8 Å². The van der Waals surface area contributed by atoms with E-state index in [1.165, 1.54) is 11.1 Å². The Hall–Kier alpha value is -1.92. The minimum Gasteiger partial charge on any atom is -0.377 e. The van der Waals surface area contributed by atoms with E-state index in [-0.39, 0.29) is 23.8 Å². The molecule has 0 aromatic heterocycles. The van der Waals surface area contributed by atoms with Crippen LogP contribution >= 0.6 is 0 Å². The Labute approximate surface area is 180 Å². The molecule has 1 aromatic rings. The Kier molecular flexibility index (Phi) is 6.74. The summed E-state index contributed by atoms with van der Waals surface area (Å²) in [6, 6.07) is 7.83. The lowest BCUT2D eigenvalue weighted by Crippen LogP contribution is -2.58. The van der Waals surface area contributed by atoms with E-state index >= 15 is 0 Å². The molecule has 1 aromatic carbocycles. The average molecular weight is 414 g/mol. The summed E-state index contributed by atoms with van der Waals surface area (Å²) in [7, 11) is 0. The molecule has 3 aliphatic heterocycles. The summed E-state index contributed by atoms with van der Waals surface area (Å²) in [5.41, 5.74) is 2.36. The number of fused-ring (bicyclic) bond motifs is 1. The largest absolute Gasteiger partial charge is 0.377 e. The lowest BCUT2D eigenvalue weighted by Gasteiger charge is -2.41. The fraction of sp³-hybridized carbons (Fsp3) is 0.667. The van der Waals surface area contributed by atoms with Crippen LogP contribution in [-0.2, 0) is 27.3 Å². The third-order valence-corrected chi connectivity index (χ3v) is 6.61. The van der Waals surface area contributed by atoms with E-state index in [1.54, 1.807) is 0 Å². The molecule has 2 amide bonds. The zero-order chi connectivity index (χ0) is 21.1. The number of benzene rings is 1. The Morgan fingerprint density at radius 2 is 1.83 bits per heavy atom. The lowest BCUT2D eigenvalue weighted by molar-refractivity contribution is -0.148. The van der Waals surface area contributed by atoms with Crippen molar-refractivity contribution in [2.24, 2.45) is 5.92 Å². The molecule has 164 valence electrons. The Morgan fingerprint density at radius 3 is 2.50 bits per heavy atom. The average Bonchev–Trinajstić information content (AvgIpc) is 3.25. The predicted octanol–water partition coefficient (Wildman–Crippen LogP) is 2.31. The lowest BCUT2D eigenvalue weighted by atomic mass is 9.92. The fourth-order valence-corrected chi connectivity index (χ4v) is 4.91. The number of hydrogen-bond acceptors (Lipinski definition) is 4. The van der Waals surface area contributed by atoms with Gasteiger partial charge in [-0.15, -0.1) is 0 Å². The molecule has 0 spiro atoms. The second-order valence-electron chi connectivity index (χ2n) is 9.37. The molecule has 3 heterocycles. The summed E-state index contributed by atoms with van der Waals surface area (Å²) in [6.45, 7) is 9.73. The van der Waals surface area contributed by atoms with Crippen LogP contribution in [0, 0.1) is 5.92 Å². The molecule has 2 atom stereocenters. The van der Waals surface area contributed by atoms with Crippen LogP contribution in [0.15, 0.2) is 24.3 Å². The highest BCUT2D eigenvalue weighted by Crippen LogP contribution is 2.26. The monoisotopic (exact) mass is 413 g/mol. The molecule has 0 bridgehead atoms. The first kappa shape index (κ1) is 21.3. The molecule has 30 heavy (non-hydrogen) atoms. The standard InChI is InChI=1S/C24H35N3O3/c1-18(2)14-23(28)27-16-20-7-4-3-6-19(20)15-22(27)24(29)26-11-9-25(10-12-26)17-21-8-5-13-30-21/h3-4,6-7,18,21-22H,5,8-17H2,1-2H3. The first-order chi connectivity index (χ1) is 14.5. The maximum absolute atomic E-state index is 13.5. The van der Waals surface area contributed by atoms with E-state index in [9.17, 15) is 9.59 Å². The molecular formula is C24H35N3O3. The van der Waals surface area contributed by atoms with Crippen molar-refractivity contribution in [1.29, 1.82) is 0 Å². The highest BCUT2D eigenvalue weighted by Gasteiger charge is 2.37. The summed E-state index contributed by atoms with van der Waals surface area (Å²) >= 11 is 0. The maximum atomic E-state index is 13.5. The Bertz CT molecular complexity index is 752. The van der Waals surface area contributed by atoms with Crippen LogP contribution in [0.5, 0.6) is 0 Å². The second kappa shape index (κ2) is 9.48. The van der Waals surface area contributed by atoms with Gasteiger partial charge in [-0.05, 0) is 29.9 Å². The van der Waals surface area contributed by atoms with Crippen molar-refractivity contribution in [2.45, 2.75) is 58.2 Å². The number of nitrogens with zero attached hydrogens (tertiary/aromatic N) is 3. The van der Waals surface area contributed by atoms with Crippen molar-refractivity contribution in [2.75, 3.05) is 39.3 Å². The first-order valence-electron chi connectivity index (χ1n) is 11.5. The van der Waals surface area contributed by atoms with Gasteiger partial charge in [0.2, 0.25) is 11.8 Å². The van der Waals surface area contributed by atoms with E-state index in [2.05, 4.69) is 30.9 Å². The van der Waals surface area contributed by atoms with Gasteiger partial charge in [0.25, 0.3) is 0 Å². The van der Waals surface area contributed by atoms with Crippen LogP contribution in [0.1, 0.15) is 44.2 Å². The molecule has 0 saturated carbocycles. The summed E-state index contributed by atoms with van der Waals surface area (Å²) in [5.74, 6) is 0.486. The number of ether oxygens (including phenoxy) is 1. The number of hydrogen-bond donors (Lipinski definition) is 0. The van der Waals surface area contributed by atoms with Crippen molar-refractivity contribution < 1.29 is 14.3 Å². The number of carbonyl (C=O) groups is 2. The second-order valence-corrected chi connectivity index (χ2v) is 9.37. The minimum absolute atomic E-state index is 0.0925. The van der Waals surface area contributed by atoms with Crippen LogP contribution in [0.3, 0.4) is 0 Å². The van der Waals surface area contributed by atoms with Gasteiger partial charge in [-0.3, -0.25) is 14.5 Å². The van der Waals surface area contributed by atoms with E-state index in [4.69, 9.17) is 4.74 Å². The molecule has 4 rings (SSSR count). The number of carbonyl (C=O) groups excluding carboxylic acids is 2. The molecule has 2 fully saturated rings. The molecule has 6 heteroatoms. The van der Waals surface area contributed by atoms with Crippen molar-refractivity contribution in [3.8, 4) is 0 Å². The van der Waals surface area contributed by atoms with Crippen LogP contribution in [-0.4, -0.2) is 78.0 Å². The van der Waals surface area contributed by atoms with Gasteiger partial charge in [0.1, 0.15) is 6.04 Å². The Morgan fingerprint density at radius 1 is 1.10 bits per heavy atom. The first-order valence-corrected chi connectivity index (χ1v) is 11.5. The van der Waals surface area contributed by atoms with Crippen LogP contribution in [0.4, 0.5) is 0 Å². The molecule has 3 aliphatic rings.